The molecule has 1 saturated heterocycles. The Bertz CT molecular complexity index is 358. The highest BCUT2D eigenvalue weighted by Gasteiger charge is 2.33. The van der Waals surface area contributed by atoms with Crippen molar-refractivity contribution < 1.29 is 4.79 Å². The van der Waals surface area contributed by atoms with Crippen LogP contribution >= 0.6 is 12.2 Å². The molecule has 0 unspecified atom stereocenters. The molecule has 0 spiro atoms. The molecule has 108 valence electrons. The van der Waals surface area contributed by atoms with Gasteiger partial charge in [0.2, 0.25) is 5.91 Å². The quantitative estimate of drug-likeness (QED) is 0.792. The fourth-order valence-corrected chi connectivity index (χ4v) is 2.87. The van der Waals surface area contributed by atoms with Gasteiger partial charge in [0.25, 0.3) is 0 Å². The monoisotopic (exact) mass is 283 g/mol. The number of nitrogens with two attached hydrogens (primary N) is 1. The molecule has 0 aromatic heterocycles. The number of nitrogens with zero attached hydrogens (tertiary/aromatic N) is 2. The van der Waals surface area contributed by atoms with E-state index < -0.39 is 0 Å². The fraction of sp³-hybridized carbons (Fsp3) is 0.857. The van der Waals surface area contributed by atoms with Crippen LogP contribution in [0.4, 0.5) is 0 Å². The molecule has 1 saturated carbocycles. The van der Waals surface area contributed by atoms with Crippen LogP contribution < -0.4 is 5.73 Å². The second-order valence-corrected chi connectivity index (χ2v) is 6.73. The molecule has 1 aliphatic carbocycles. The number of rotatable bonds is 4. The summed E-state index contributed by atoms with van der Waals surface area (Å²) in [6.45, 7) is 7.44. The normalized spacial score (nSPS) is 22.1. The van der Waals surface area contributed by atoms with Crippen LogP contribution in [0.1, 0.15) is 39.5 Å². The molecule has 0 radical (unpaired) electrons. The first kappa shape index (κ1) is 14.7. The summed E-state index contributed by atoms with van der Waals surface area (Å²) in [6, 6.07) is 0. The van der Waals surface area contributed by atoms with Gasteiger partial charge in [0.1, 0.15) is 0 Å². The molecular formula is C14H25N3OS. The maximum Gasteiger partial charge on any atom is 0.222 e. The zero-order valence-corrected chi connectivity index (χ0v) is 12.8. The zero-order chi connectivity index (χ0) is 14.0. The fourth-order valence-electron chi connectivity index (χ4n) is 2.74. The van der Waals surface area contributed by atoms with Gasteiger partial charge in [-0.25, -0.2) is 0 Å². The Balaban J connectivity index is 1.81. The molecule has 5 heteroatoms. The lowest BCUT2D eigenvalue weighted by molar-refractivity contribution is -0.135. The Morgan fingerprint density at radius 2 is 1.84 bits per heavy atom. The van der Waals surface area contributed by atoms with Crippen molar-refractivity contribution >= 4 is 23.1 Å². The SMILES string of the molecule is CC(C)(C(N)=S)N1CCN(C(=O)CC2CCC2)CC1. The molecule has 0 atom stereocenters. The van der Waals surface area contributed by atoms with Crippen LogP contribution in [0.5, 0.6) is 0 Å². The third-order valence-electron chi connectivity index (χ3n) is 4.71. The van der Waals surface area contributed by atoms with E-state index in [0.717, 1.165) is 32.6 Å². The van der Waals surface area contributed by atoms with E-state index in [9.17, 15) is 4.79 Å². The second kappa shape index (κ2) is 5.75. The minimum Gasteiger partial charge on any atom is -0.392 e. The van der Waals surface area contributed by atoms with Crippen molar-refractivity contribution in [3.8, 4) is 0 Å². The summed E-state index contributed by atoms with van der Waals surface area (Å²) < 4.78 is 0. The Morgan fingerprint density at radius 1 is 1.26 bits per heavy atom. The summed E-state index contributed by atoms with van der Waals surface area (Å²) in [7, 11) is 0. The second-order valence-electron chi connectivity index (χ2n) is 6.29. The van der Waals surface area contributed by atoms with Crippen molar-refractivity contribution in [2.75, 3.05) is 26.2 Å². The maximum atomic E-state index is 12.1. The van der Waals surface area contributed by atoms with Gasteiger partial charge in [-0.2, -0.15) is 0 Å². The number of thiocarbonyl (C=S) groups is 1. The van der Waals surface area contributed by atoms with E-state index in [1.807, 2.05) is 4.90 Å². The Hall–Kier alpha value is -0.680. The minimum absolute atomic E-state index is 0.252. The van der Waals surface area contributed by atoms with Crippen LogP contribution in [0.25, 0.3) is 0 Å². The smallest absolute Gasteiger partial charge is 0.222 e. The molecular weight excluding hydrogens is 258 g/mol. The molecule has 0 bridgehead atoms. The largest absolute Gasteiger partial charge is 0.392 e. The summed E-state index contributed by atoms with van der Waals surface area (Å²) in [5.74, 6) is 0.982. The number of carbonyl (C=O) groups is 1. The van der Waals surface area contributed by atoms with Gasteiger partial charge in [0.05, 0.1) is 10.5 Å². The molecule has 1 heterocycles. The molecule has 19 heavy (non-hydrogen) atoms. The number of carbonyl (C=O) groups excluding carboxylic acids is 1. The summed E-state index contributed by atoms with van der Waals surface area (Å²) in [5.41, 5.74) is 5.54. The van der Waals surface area contributed by atoms with Crippen molar-refractivity contribution in [1.29, 1.82) is 0 Å². The summed E-state index contributed by atoms with van der Waals surface area (Å²) >= 11 is 5.13. The maximum absolute atomic E-state index is 12.1. The lowest BCUT2D eigenvalue weighted by atomic mass is 9.82. The molecule has 2 fully saturated rings. The van der Waals surface area contributed by atoms with Gasteiger partial charge in [-0.05, 0) is 32.6 Å². The molecule has 0 aromatic rings. The molecule has 2 aliphatic rings. The summed E-state index contributed by atoms with van der Waals surface area (Å²) in [6.07, 6.45) is 4.52. The van der Waals surface area contributed by atoms with Crippen molar-refractivity contribution in [3.05, 3.63) is 0 Å². The first-order valence-corrected chi connectivity index (χ1v) is 7.65. The number of amides is 1. The van der Waals surface area contributed by atoms with Crippen molar-refractivity contribution in [2.45, 2.75) is 45.1 Å². The third-order valence-corrected chi connectivity index (χ3v) is 5.21. The molecule has 1 amide bonds. The van der Waals surface area contributed by atoms with Crippen LogP contribution in [0.2, 0.25) is 0 Å². The van der Waals surface area contributed by atoms with Crippen molar-refractivity contribution in [2.24, 2.45) is 11.7 Å². The van der Waals surface area contributed by atoms with Crippen LogP contribution in [-0.4, -0.2) is 52.4 Å². The Kier molecular flexibility index (Phi) is 4.46. The molecule has 2 rings (SSSR count). The van der Waals surface area contributed by atoms with Crippen LogP contribution in [0, 0.1) is 5.92 Å². The topological polar surface area (TPSA) is 49.6 Å². The van der Waals surface area contributed by atoms with E-state index >= 15 is 0 Å². The number of hydrogen-bond donors (Lipinski definition) is 1. The van der Waals surface area contributed by atoms with Gasteiger partial charge in [0, 0.05) is 32.6 Å². The average Bonchev–Trinajstić information content (AvgIpc) is 2.33. The summed E-state index contributed by atoms with van der Waals surface area (Å²) in [5, 5.41) is 0. The van der Waals surface area contributed by atoms with Crippen molar-refractivity contribution in [3.63, 3.8) is 0 Å². The predicted molar refractivity (Wildman–Crippen MR) is 81.0 cm³/mol. The Labute approximate surface area is 121 Å². The van der Waals surface area contributed by atoms with Crippen LogP contribution in [0.3, 0.4) is 0 Å². The van der Waals surface area contributed by atoms with E-state index in [1.165, 1.54) is 19.3 Å². The van der Waals surface area contributed by atoms with Crippen LogP contribution in [0.15, 0.2) is 0 Å². The highest BCUT2D eigenvalue weighted by atomic mass is 32.1. The van der Waals surface area contributed by atoms with Gasteiger partial charge < -0.3 is 10.6 Å². The van der Waals surface area contributed by atoms with E-state index in [-0.39, 0.29) is 5.54 Å². The first-order valence-electron chi connectivity index (χ1n) is 7.24. The average molecular weight is 283 g/mol. The predicted octanol–water partition coefficient (Wildman–Crippen LogP) is 1.39. The van der Waals surface area contributed by atoms with Gasteiger partial charge >= 0.3 is 0 Å². The highest BCUT2D eigenvalue weighted by Crippen LogP contribution is 2.30. The van der Waals surface area contributed by atoms with Crippen LogP contribution in [-0.2, 0) is 4.79 Å². The van der Waals surface area contributed by atoms with Crippen molar-refractivity contribution in [1.82, 2.24) is 9.80 Å². The van der Waals surface area contributed by atoms with Gasteiger partial charge in [-0.1, -0.05) is 18.6 Å². The number of hydrogen-bond acceptors (Lipinski definition) is 3. The molecule has 0 aromatic carbocycles. The summed E-state index contributed by atoms with van der Waals surface area (Å²) in [4.78, 5) is 17.0. The number of piperazine rings is 1. The van der Waals surface area contributed by atoms with E-state index in [0.29, 0.717) is 16.8 Å². The zero-order valence-electron chi connectivity index (χ0n) is 12.0. The molecule has 4 nitrogen and oxygen atoms in total. The molecule has 2 N–H and O–H groups in total. The van der Waals surface area contributed by atoms with E-state index in [1.54, 1.807) is 0 Å². The Morgan fingerprint density at radius 3 is 2.26 bits per heavy atom. The van der Waals surface area contributed by atoms with Gasteiger partial charge in [-0.3, -0.25) is 9.69 Å². The molecule has 1 aliphatic heterocycles. The van der Waals surface area contributed by atoms with E-state index in [4.69, 9.17) is 18.0 Å². The van der Waals surface area contributed by atoms with E-state index in [2.05, 4.69) is 18.7 Å². The highest BCUT2D eigenvalue weighted by molar-refractivity contribution is 7.80. The lowest BCUT2D eigenvalue weighted by Crippen LogP contribution is -2.60. The lowest BCUT2D eigenvalue weighted by Gasteiger charge is -2.43. The van der Waals surface area contributed by atoms with Gasteiger partial charge in [-0.15, -0.1) is 0 Å². The van der Waals surface area contributed by atoms with Gasteiger partial charge in [0.15, 0.2) is 0 Å². The third kappa shape index (κ3) is 3.26. The first-order chi connectivity index (χ1) is 8.91. The standard InChI is InChI=1S/C14H25N3OS/c1-14(2,13(15)19)17-8-6-16(7-9-17)12(18)10-11-4-3-5-11/h11H,3-10H2,1-2H3,(H2,15,19). The minimum atomic E-state index is -0.252.